The van der Waals surface area contributed by atoms with Crippen LogP contribution in [-0.4, -0.2) is 27.5 Å². The Morgan fingerprint density at radius 3 is 2.83 bits per heavy atom. The number of amides is 1. The maximum absolute atomic E-state index is 13.2. The molecule has 0 spiro atoms. The number of rotatable bonds is 2. The summed E-state index contributed by atoms with van der Waals surface area (Å²) in [5, 5.41) is 7.30. The Kier molecular flexibility index (Phi) is 3.63. The quantitative estimate of drug-likeness (QED) is 0.923. The van der Waals surface area contributed by atoms with Crippen LogP contribution in [0.2, 0.25) is 0 Å². The molecule has 2 aromatic rings. The van der Waals surface area contributed by atoms with E-state index in [0.29, 0.717) is 5.69 Å². The van der Waals surface area contributed by atoms with Gasteiger partial charge in [0.2, 0.25) is 0 Å². The minimum atomic E-state index is -0.243. The van der Waals surface area contributed by atoms with Crippen LogP contribution in [-0.2, 0) is 12.8 Å². The average molecular weight is 313 g/mol. The molecule has 1 fully saturated rings. The summed E-state index contributed by atoms with van der Waals surface area (Å²) >= 11 is 0. The Hall–Kier alpha value is -2.17. The van der Waals surface area contributed by atoms with E-state index in [4.69, 9.17) is 0 Å². The number of benzene rings is 1. The van der Waals surface area contributed by atoms with Crippen LogP contribution in [0.4, 0.5) is 4.39 Å². The summed E-state index contributed by atoms with van der Waals surface area (Å²) in [5.41, 5.74) is 3.81. The van der Waals surface area contributed by atoms with Crippen LogP contribution in [0.3, 0.4) is 0 Å². The Bertz CT molecular complexity index is 722. The number of hydrogen-bond acceptors (Lipinski definition) is 2. The van der Waals surface area contributed by atoms with E-state index in [0.717, 1.165) is 61.9 Å². The van der Waals surface area contributed by atoms with Crippen LogP contribution >= 0.6 is 0 Å². The third kappa shape index (κ3) is 2.54. The number of hydrogen-bond donors (Lipinski definition) is 1. The number of piperidine rings is 1. The third-order valence-corrected chi connectivity index (χ3v) is 5.03. The van der Waals surface area contributed by atoms with Gasteiger partial charge in [-0.1, -0.05) is 12.1 Å². The predicted octanol–water partition coefficient (Wildman–Crippen LogP) is 3.40. The van der Waals surface area contributed by atoms with E-state index in [-0.39, 0.29) is 17.8 Å². The number of nitrogens with zero attached hydrogens (tertiary/aromatic N) is 2. The summed E-state index contributed by atoms with van der Waals surface area (Å²) in [5.74, 6) is -0.231. The first-order chi connectivity index (χ1) is 11.2. The summed E-state index contributed by atoms with van der Waals surface area (Å²) in [6.45, 7) is 0.739. The van der Waals surface area contributed by atoms with Crippen LogP contribution in [0.25, 0.3) is 0 Å². The lowest BCUT2D eigenvalue weighted by molar-refractivity contribution is 0.0604. The van der Waals surface area contributed by atoms with Crippen molar-refractivity contribution in [3.63, 3.8) is 0 Å². The highest BCUT2D eigenvalue weighted by Gasteiger charge is 2.32. The van der Waals surface area contributed by atoms with Gasteiger partial charge in [-0.25, -0.2) is 4.39 Å². The molecule has 0 unspecified atom stereocenters. The first-order valence-electron chi connectivity index (χ1n) is 8.36. The molecule has 1 aliphatic carbocycles. The molecular formula is C18H20FN3O. The fraction of sp³-hybridized carbons (Fsp3) is 0.444. The molecule has 23 heavy (non-hydrogen) atoms. The average Bonchev–Trinajstić information content (AvgIpc) is 3.18. The van der Waals surface area contributed by atoms with Gasteiger partial charge in [0.15, 0.2) is 5.69 Å². The number of carbonyl (C=O) groups is 1. The van der Waals surface area contributed by atoms with Gasteiger partial charge in [0.05, 0.1) is 6.04 Å². The number of nitrogens with one attached hydrogen (secondary N) is 1. The van der Waals surface area contributed by atoms with Gasteiger partial charge in [-0.2, -0.15) is 5.10 Å². The standard InChI is InChI=1S/C18H20FN3O/c19-13-9-7-12(8-10-13)16-6-1-2-11-22(16)18(23)17-14-4-3-5-15(14)20-21-17/h7-10,16H,1-6,11H2,(H,20,21)/t16-/m0/s1. The first-order valence-corrected chi connectivity index (χ1v) is 8.36. The fourth-order valence-electron chi connectivity index (χ4n) is 3.84. The molecule has 4 rings (SSSR count). The van der Waals surface area contributed by atoms with Crippen molar-refractivity contribution in [2.75, 3.05) is 6.54 Å². The number of fused-ring (bicyclic) bond motifs is 1. The molecule has 0 saturated carbocycles. The van der Waals surface area contributed by atoms with Crippen LogP contribution in [0.1, 0.15) is 59.0 Å². The van der Waals surface area contributed by atoms with Gasteiger partial charge in [0.25, 0.3) is 5.91 Å². The number of aromatic amines is 1. The molecule has 1 N–H and O–H groups in total. The molecule has 1 saturated heterocycles. The van der Waals surface area contributed by atoms with Gasteiger partial charge < -0.3 is 4.90 Å². The Balaban J connectivity index is 1.64. The summed E-state index contributed by atoms with van der Waals surface area (Å²) in [7, 11) is 0. The molecule has 1 atom stereocenters. The van der Waals surface area contributed by atoms with Crippen molar-refractivity contribution in [3.05, 3.63) is 52.6 Å². The van der Waals surface area contributed by atoms with Crippen molar-refractivity contribution >= 4 is 5.91 Å². The molecular weight excluding hydrogens is 293 g/mol. The van der Waals surface area contributed by atoms with Gasteiger partial charge in [-0.15, -0.1) is 0 Å². The second-order valence-corrected chi connectivity index (χ2v) is 6.44. The van der Waals surface area contributed by atoms with Crippen molar-refractivity contribution in [1.82, 2.24) is 15.1 Å². The highest BCUT2D eigenvalue weighted by atomic mass is 19.1. The Morgan fingerprint density at radius 2 is 2.00 bits per heavy atom. The van der Waals surface area contributed by atoms with Gasteiger partial charge >= 0.3 is 0 Å². The first kappa shape index (κ1) is 14.4. The smallest absolute Gasteiger partial charge is 0.275 e. The van der Waals surface area contributed by atoms with E-state index in [2.05, 4.69) is 10.2 Å². The molecule has 2 aliphatic rings. The maximum atomic E-state index is 13.2. The lowest BCUT2D eigenvalue weighted by Crippen LogP contribution is -2.39. The van der Waals surface area contributed by atoms with Crippen LogP contribution < -0.4 is 0 Å². The van der Waals surface area contributed by atoms with E-state index in [9.17, 15) is 9.18 Å². The van der Waals surface area contributed by atoms with E-state index in [1.165, 1.54) is 12.1 Å². The molecule has 2 heterocycles. The lowest BCUT2D eigenvalue weighted by atomic mass is 9.94. The van der Waals surface area contributed by atoms with Crippen molar-refractivity contribution in [1.29, 1.82) is 0 Å². The number of aromatic nitrogens is 2. The second-order valence-electron chi connectivity index (χ2n) is 6.44. The van der Waals surface area contributed by atoms with Gasteiger partial charge in [0, 0.05) is 17.8 Å². The monoisotopic (exact) mass is 313 g/mol. The van der Waals surface area contributed by atoms with Crippen LogP contribution in [0.15, 0.2) is 24.3 Å². The van der Waals surface area contributed by atoms with E-state index in [1.54, 1.807) is 12.1 Å². The normalized spacial score (nSPS) is 20.6. The summed E-state index contributed by atoms with van der Waals surface area (Å²) in [6, 6.07) is 6.55. The van der Waals surface area contributed by atoms with E-state index >= 15 is 0 Å². The zero-order valence-electron chi connectivity index (χ0n) is 13.0. The second kappa shape index (κ2) is 5.80. The fourth-order valence-corrected chi connectivity index (χ4v) is 3.84. The Labute approximate surface area is 134 Å². The largest absolute Gasteiger partial charge is 0.330 e. The minimum Gasteiger partial charge on any atom is -0.330 e. The number of likely N-dealkylation sites (tertiary alicyclic amines) is 1. The van der Waals surface area contributed by atoms with Gasteiger partial charge in [-0.05, 0) is 56.2 Å². The summed E-state index contributed by atoms with van der Waals surface area (Å²) in [4.78, 5) is 15.0. The van der Waals surface area contributed by atoms with E-state index in [1.807, 2.05) is 4.90 Å². The van der Waals surface area contributed by atoms with Crippen LogP contribution in [0.5, 0.6) is 0 Å². The predicted molar refractivity (Wildman–Crippen MR) is 84.6 cm³/mol. The van der Waals surface area contributed by atoms with Gasteiger partial charge in [-0.3, -0.25) is 9.89 Å². The molecule has 120 valence electrons. The van der Waals surface area contributed by atoms with Crippen LogP contribution in [0, 0.1) is 5.82 Å². The number of halogens is 1. The highest BCUT2D eigenvalue weighted by Crippen LogP contribution is 2.33. The molecule has 5 heteroatoms. The number of H-pyrrole nitrogens is 1. The van der Waals surface area contributed by atoms with Crippen molar-refractivity contribution in [2.45, 2.75) is 44.6 Å². The summed E-state index contributed by atoms with van der Waals surface area (Å²) in [6.07, 6.45) is 6.02. The third-order valence-electron chi connectivity index (χ3n) is 5.03. The molecule has 1 aromatic carbocycles. The molecule has 1 amide bonds. The minimum absolute atomic E-state index is 0.0124. The van der Waals surface area contributed by atoms with Crippen molar-refractivity contribution in [2.24, 2.45) is 0 Å². The summed E-state index contributed by atoms with van der Waals surface area (Å²) < 4.78 is 13.2. The van der Waals surface area contributed by atoms with Gasteiger partial charge in [0.1, 0.15) is 5.82 Å². The number of aryl methyl sites for hydroxylation is 1. The zero-order valence-corrected chi connectivity index (χ0v) is 13.0. The molecule has 0 radical (unpaired) electrons. The number of carbonyl (C=O) groups excluding carboxylic acids is 1. The van der Waals surface area contributed by atoms with Crippen molar-refractivity contribution in [3.8, 4) is 0 Å². The molecule has 1 aliphatic heterocycles. The van der Waals surface area contributed by atoms with E-state index < -0.39 is 0 Å². The Morgan fingerprint density at radius 1 is 1.17 bits per heavy atom. The topological polar surface area (TPSA) is 49.0 Å². The zero-order chi connectivity index (χ0) is 15.8. The maximum Gasteiger partial charge on any atom is 0.275 e. The highest BCUT2D eigenvalue weighted by molar-refractivity contribution is 5.94. The van der Waals surface area contributed by atoms with Crippen molar-refractivity contribution < 1.29 is 9.18 Å². The molecule has 0 bridgehead atoms. The molecule has 1 aromatic heterocycles. The SMILES string of the molecule is O=C(c1n[nH]c2c1CCC2)N1CCCC[C@H]1c1ccc(F)cc1. The lowest BCUT2D eigenvalue weighted by Gasteiger charge is -2.36. The molecule has 4 nitrogen and oxygen atoms in total.